The zero-order chi connectivity index (χ0) is 18.5. The number of ether oxygens (including phenoxy) is 1. The van der Waals surface area contributed by atoms with E-state index >= 15 is 0 Å². The molecule has 1 aromatic rings. The standard InChI is InChI=1S/C21H34O3/c1-8-9-12-21(5,6)17-14-15(10-11-18(22)24-7)13-16(19(17)23)20(2,3)4/h13-14,23H,8-12H2,1-7H3. The van der Waals surface area contributed by atoms with E-state index in [1.165, 1.54) is 7.11 Å². The fourth-order valence-electron chi connectivity index (χ4n) is 3.03. The number of carbonyl (C=O) groups excluding carboxylic acids is 1. The van der Waals surface area contributed by atoms with Crippen molar-refractivity contribution < 1.29 is 14.6 Å². The second-order valence-electron chi connectivity index (χ2n) is 8.35. The molecule has 1 rings (SSSR count). The van der Waals surface area contributed by atoms with Gasteiger partial charge < -0.3 is 9.84 Å². The zero-order valence-corrected chi connectivity index (χ0v) is 16.5. The molecule has 0 aliphatic rings. The van der Waals surface area contributed by atoms with Gasteiger partial charge in [0.15, 0.2) is 0 Å². The molecule has 0 bridgehead atoms. The third-order valence-corrected chi connectivity index (χ3v) is 4.71. The van der Waals surface area contributed by atoms with Gasteiger partial charge in [0.05, 0.1) is 7.11 Å². The molecular weight excluding hydrogens is 300 g/mol. The summed E-state index contributed by atoms with van der Waals surface area (Å²) in [5.74, 6) is 0.206. The fourth-order valence-corrected chi connectivity index (χ4v) is 3.03. The second-order valence-corrected chi connectivity index (χ2v) is 8.35. The van der Waals surface area contributed by atoms with E-state index in [0.29, 0.717) is 18.6 Å². The normalized spacial score (nSPS) is 12.3. The highest BCUT2D eigenvalue weighted by molar-refractivity contribution is 5.69. The van der Waals surface area contributed by atoms with Crippen molar-refractivity contribution in [2.45, 2.75) is 84.5 Å². The first kappa shape index (κ1) is 20.5. The molecule has 3 heteroatoms. The largest absolute Gasteiger partial charge is 0.507 e. The highest BCUT2D eigenvalue weighted by Gasteiger charge is 2.29. The molecule has 0 amide bonds. The van der Waals surface area contributed by atoms with E-state index in [2.05, 4.69) is 47.6 Å². The minimum absolute atomic E-state index is 0.0959. The van der Waals surface area contributed by atoms with Crippen molar-refractivity contribution in [2.75, 3.05) is 7.11 Å². The Morgan fingerprint density at radius 3 is 2.21 bits per heavy atom. The Labute approximate surface area is 147 Å². The van der Waals surface area contributed by atoms with Gasteiger partial charge in [-0.25, -0.2) is 0 Å². The number of hydrogen-bond donors (Lipinski definition) is 1. The summed E-state index contributed by atoms with van der Waals surface area (Å²) in [6.07, 6.45) is 4.29. The SMILES string of the molecule is CCCCC(C)(C)c1cc(CCC(=O)OC)cc(C(C)(C)C)c1O. The van der Waals surface area contributed by atoms with E-state index in [4.69, 9.17) is 4.74 Å². The summed E-state index contributed by atoms with van der Waals surface area (Å²) >= 11 is 0. The molecule has 0 aliphatic heterocycles. The molecule has 136 valence electrons. The number of aryl methyl sites for hydroxylation is 1. The van der Waals surface area contributed by atoms with Crippen LogP contribution in [0.15, 0.2) is 12.1 Å². The van der Waals surface area contributed by atoms with Crippen molar-refractivity contribution >= 4 is 5.97 Å². The molecule has 0 aromatic heterocycles. The number of aromatic hydroxyl groups is 1. The van der Waals surface area contributed by atoms with E-state index < -0.39 is 0 Å². The third kappa shape index (κ3) is 5.25. The lowest BCUT2D eigenvalue weighted by molar-refractivity contribution is -0.140. The summed E-state index contributed by atoms with van der Waals surface area (Å²) in [5, 5.41) is 10.9. The first-order valence-corrected chi connectivity index (χ1v) is 8.96. The first-order chi connectivity index (χ1) is 11.0. The Morgan fingerprint density at radius 2 is 1.71 bits per heavy atom. The maximum absolute atomic E-state index is 11.5. The van der Waals surface area contributed by atoms with Gasteiger partial charge in [-0.15, -0.1) is 0 Å². The highest BCUT2D eigenvalue weighted by Crippen LogP contribution is 2.42. The van der Waals surface area contributed by atoms with E-state index in [1.54, 1.807) is 0 Å². The molecule has 0 saturated carbocycles. The fraction of sp³-hybridized carbons (Fsp3) is 0.667. The second kappa shape index (κ2) is 8.04. The zero-order valence-electron chi connectivity index (χ0n) is 16.5. The van der Waals surface area contributed by atoms with Crippen LogP contribution in [0, 0.1) is 0 Å². The molecule has 0 spiro atoms. The summed E-state index contributed by atoms with van der Waals surface area (Å²) in [5.41, 5.74) is 2.78. The van der Waals surface area contributed by atoms with E-state index in [9.17, 15) is 9.90 Å². The first-order valence-electron chi connectivity index (χ1n) is 8.96. The number of methoxy groups -OCH3 is 1. The van der Waals surface area contributed by atoms with Gasteiger partial charge in [-0.2, -0.15) is 0 Å². The average molecular weight is 335 g/mol. The van der Waals surface area contributed by atoms with Crippen LogP contribution in [0.2, 0.25) is 0 Å². The van der Waals surface area contributed by atoms with Crippen LogP contribution in [0.25, 0.3) is 0 Å². The highest BCUT2D eigenvalue weighted by atomic mass is 16.5. The maximum atomic E-state index is 11.5. The van der Waals surface area contributed by atoms with Crippen molar-refractivity contribution in [3.8, 4) is 5.75 Å². The molecule has 1 N–H and O–H groups in total. The van der Waals surface area contributed by atoms with Gasteiger partial charge >= 0.3 is 5.97 Å². The van der Waals surface area contributed by atoms with Crippen LogP contribution in [0.5, 0.6) is 5.75 Å². The number of phenols is 1. The molecule has 1 aromatic carbocycles. The number of unbranched alkanes of at least 4 members (excludes halogenated alkanes) is 1. The van der Waals surface area contributed by atoms with Gasteiger partial charge in [-0.05, 0) is 34.8 Å². The van der Waals surface area contributed by atoms with Crippen molar-refractivity contribution in [1.29, 1.82) is 0 Å². The molecule has 0 unspecified atom stereocenters. The van der Waals surface area contributed by atoms with Crippen LogP contribution in [0.4, 0.5) is 0 Å². The lowest BCUT2D eigenvalue weighted by Gasteiger charge is -2.31. The van der Waals surface area contributed by atoms with Crippen LogP contribution in [-0.4, -0.2) is 18.2 Å². The molecule has 24 heavy (non-hydrogen) atoms. The number of benzene rings is 1. The van der Waals surface area contributed by atoms with Gasteiger partial charge in [0.1, 0.15) is 5.75 Å². The Hall–Kier alpha value is -1.51. The van der Waals surface area contributed by atoms with E-state index in [-0.39, 0.29) is 16.8 Å². The smallest absolute Gasteiger partial charge is 0.305 e. The minimum atomic E-state index is -0.202. The predicted octanol–water partition coefficient (Wildman–Crippen LogP) is 5.26. The van der Waals surface area contributed by atoms with Crippen LogP contribution in [-0.2, 0) is 26.8 Å². The van der Waals surface area contributed by atoms with E-state index in [0.717, 1.165) is 36.0 Å². The number of hydrogen-bond acceptors (Lipinski definition) is 3. The molecule has 0 heterocycles. The third-order valence-electron chi connectivity index (χ3n) is 4.71. The molecule has 0 radical (unpaired) electrons. The Morgan fingerprint density at radius 1 is 1.12 bits per heavy atom. The Bertz CT molecular complexity index is 565. The number of rotatable bonds is 7. The van der Waals surface area contributed by atoms with Crippen LogP contribution < -0.4 is 0 Å². The van der Waals surface area contributed by atoms with Crippen molar-refractivity contribution in [1.82, 2.24) is 0 Å². The van der Waals surface area contributed by atoms with Crippen molar-refractivity contribution in [3.63, 3.8) is 0 Å². The van der Waals surface area contributed by atoms with Gasteiger partial charge in [0, 0.05) is 12.0 Å². The lowest BCUT2D eigenvalue weighted by atomic mass is 9.75. The number of esters is 1. The summed E-state index contributed by atoms with van der Waals surface area (Å²) in [6, 6.07) is 4.11. The maximum Gasteiger partial charge on any atom is 0.305 e. The van der Waals surface area contributed by atoms with Crippen molar-refractivity contribution in [2.24, 2.45) is 0 Å². The average Bonchev–Trinajstić information content (AvgIpc) is 2.50. The summed E-state index contributed by atoms with van der Waals surface area (Å²) < 4.78 is 4.76. The molecule has 3 nitrogen and oxygen atoms in total. The van der Waals surface area contributed by atoms with Gasteiger partial charge in [0.2, 0.25) is 0 Å². The summed E-state index contributed by atoms with van der Waals surface area (Å²) in [4.78, 5) is 11.5. The van der Waals surface area contributed by atoms with Crippen molar-refractivity contribution in [3.05, 3.63) is 28.8 Å². The monoisotopic (exact) mass is 334 g/mol. The van der Waals surface area contributed by atoms with Gasteiger partial charge in [0.25, 0.3) is 0 Å². The molecule has 0 saturated heterocycles. The molecule has 0 fully saturated rings. The van der Waals surface area contributed by atoms with Gasteiger partial charge in [-0.1, -0.05) is 66.5 Å². The van der Waals surface area contributed by atoms with E-state index in [1.807, 2.05) is 6.07 Å². The topological polar surface area (TPSA) is 46.5 Å². The quantitative estimate of drug-likeness (QED) is 0.692. The Balaban J connectivity index is 3.32. The number of carbonyl (C=O) groups is 1. The minimum Gasteiger partial charge on any atom is -0.507 e. The Kier molecular flexibility index (Phi) is 6.88. The lowest BCUT2D eigenvalue weighted by Crippen LogP contribution is -2.21. The molecule has 0 aliphatic carbocycles. The predicted molar refractivity (Wildman–Crippen MR) is 99.7 cm³/mol. The number of phenolic OH excluding ortho intramolecular Hbond substituents is 1. The summed E-state index contributed by atoms with van der Waals surface area (Å²) in [7, 11) is 1.42. The molecular formula is C21H34O3. The van der Waals surface area contributed by atoms with Gasteiger partial charge in [-0.3, -0.25) is 4.79 Å². The van der Waals surface area contributed by atoms with Crippen LogP contribution in [0.1, 0.15) is 83.9 Å². The van der Waals surface area contributed by atoms with Crippen LogP contribution in [0.3, 0.4) is 0 Å². The molecule has 0 atom stereocenters. The van der Waals surface area contributed by atoms with Crippen LogP contribution >= 0.6 is 0 Å². The summed E-state index contributed by atoms with van der Waals surface area (Å²) in [6.45, 7) is 12.9.